The van der Waals surface area contributed by atoms with E-state index in [1.165, 1.54) is 0 Å². The first-order valence-electron chi connectivity index (χ1n) is 7.45. The van der Waals surface area contributed by atoms with Gasteiger partial charge in [0.15, 0.2) is 0 Å². The van der Waals surface area contributed by atoms with E-state index < -0.39 is 36.4 Å². The van der Waals surface area contributed by atoms with Gasteiger partial charge in [-0.2, -0.15) is 0 Å². The zero-order valence-electron chi connectivity index (χ0n) is 13.2. The molecule has 0 saturated carbocycles. The van der Waals surface area contributed by atoms with Crippen LogP contribution in [0.3, 0.4) is 0 Å². The third-order valence-electron chi connectivity index (χ3n) is 3.58. The molecule has 0 bridgehead atoms. The van der Waals surface area contributed by atoms with Crippen LogP contribution in [0.1, 0.15) is 11.1 Å². The predicted molar refractivity (Wildman–Crippen MR) is 86.5 cm³/mol. The van der Waals surface area contributed by atoms with Gasteiger partial charge in [0.1, 0.15) is 0 Å². The van der Waals surface area contributed by atoms with Crippen LogP contribution in [0.15, 0.2) is 60.7 Å². The smallest absolute Gasteiger partial charge is 0.364 e. The third kappa shape index (κ3) is 4.63. The molecule has 2 unspecified atom stereocenters. The highest BCUT2D eigenvalue weighted by molar-refractivity contribution is 5.79. The molecule has 0 saturated heterocycles. The van der Waals surface area contributed by atoms with Crippen molar-refractivity contribution in [2.24, 2.45) is 0 Å². The summed E-state index contributed by atoms with van der Waals surface area (Å²) in [7, 11) is 0. The number of aliphatic hydroxyl groups is 2. The highest BCUT2D eigenvalue weighted by atomic mass is 16.7. The van der Waals surface area contributed by atoms with E-state index in [0.717, 1.165) is 0 Å². The summed E-state index contributed by atoms with van der Waals surface area (Å²) < 4.78 is 4.87. The normalized spacial score (nSPS) is 15.8. The third-order valence-corrected chi connectivity index (χ3v) is 3.58. The number of carboxylic acids is 2. The number of aliphatic carboxylic acids is 2. The average molecular weight is 346 g/mol. The predicted octanol–water partition coefficient (Wildman–Crippen LogP) is 1.03. The molecule has 0 aliphatic heterocycles. The zero-order chi connectivity index (χ0) is 18.5. The van der Waals surface area contributed by atoms with Gasteiger partial charge in [-0.1, -0.05) is 60.7 Å². The van der Waals surface area contributed by atoms with Crippen molar-refractivity contribution >= 4 is 11.9 Å². The molecule has 2 atom stereocenters. The maximum Gasteiger partial charge on any atom is 0.364 e. The number of hydrogen-bond acceptors (Lipinski definition) is 5. The Morgan fingerprint density at radius 2 is 1.04 bits per heavy atom. The minimum atomic E-state index is -2.91. The summed E-state index contributed by atoms with van der Waals surface area (Å²) in [5.74, 6) is -9.43. The van der Waals surface area contributed by atoms with Gasteiger partial charge in [-0.3, -0.25) is 4.74 Å². The van der Waals surface area contributed by atoms with E-state index >= 15 is 0 Å². The Balaban J connectivity index is 2.30. The maximum absolute atomic E-state index is 11.5. The molecule has 0 spiro atoms. The molecule has 0 aliphatic carbocycles. The highest BCUT2D eigenvalue weighted by Crippen LogP contribution is 2.25. The molecular weight excluding hydrogens is 328 g/mol. The summed E-state index contributed by atoms with van der Waals surface area (Å²) in [5.41, 5.74) is 0.805. The lowest BCUT2D eigenvalue weighted by molar-refractivity contribution is -0.316. The largest absolute Gasteiger partial charge is 0.477 e. The molecule has 25 heavy (non-hydrogen) atoms. The fourth-order valence-electron chi connectivity index (χ4n) is 2.34. The van der Waals surface area contributed by atoms with Crippen molar-refractivity contribution in [2.75, 3.05) is 0 Å². The van der Waals surface area contributed by atoms with E-state index in [0.29, 0.717) is 11.1 Å². The Labute approximate surface area is 143 Å². The molecule has 7 nitrogen and oxygen atoms in total. The second-order valence-corrected chi connectivity index (χ2v) is 5.61. The van der Waals surface area contributed by atoms with Gasteiger partial charge in [0.05, 0.1) is 0 Å². The number of hydrogen-bond donors (Lipinski definition) is 4. The molecule has 0 fully saturated rings. The second kappa shape index (κ2) is 7.43. The monoisotopic (exact) mass is 346 g/mol. The summed E-state index contributed by atoms with van der Waals surface area (Å²) in [6.45, 7) is 0. The molecule has 2 rings (SSSR count). The van der Waals surface area contributed by atoms with E-state index in [1.54, 1.807) is 60.7 Å². The number of carbonyl (C=O) groups is 2. The first kappa shape index (κ1) is 18.6. The SMILES string of the molecule is O=C(O)C(O)(Cc1ccccc1)OC(O)(Cc1ccccc1)C(=O)O. The van der Waals surface area contributed by atoms with Crippen LogP contribution in [0.2, 0.25) is 0 Å². The van der Waals surface area contributed by atoms with E-state index in [9.17, 15) is 30.0 Å². The summed E-state index contributed by atoms with van der Waals surface area (Å²) in [5, 5.41) is 39.4. The van der Waals surface area contributed by atoms with Gasteiger partial charge in [0.25, 0.3) is 11.6 Å². The van der Waals surface area contributed by atoms with Gasteiger partial charge >= 0.3 is 11.9 Å². The van der Waals surface area contributed by atoms with Gasteiger partial charge in [-0.15, -0.1) is 0 Å². The minimum absolute atomic E-state index is 0.403. The molecule has 0 aliphatic rings. The maximum atomic E-state index is 11.5. The fourth-order valence-corrected chi connectivity index (χ4v) is 2.34. The zero-order valence-corrected chi connectivity index (χ0v) is 13.2. The van der Waals surface area contributed by atoms with Crippen LogP contribution in [0, 0.1) is 0 Å². The van der Waals surface area contributed by atoms with E-state index in [4.69, 9.17) is 4.74 Å². The molecule has 0 aromatic heterocycles. The lowest BCUT2D eigenvalue weighted by Crippen LogP contribution is -2.55. The Hall–Kier alpha value is -2.74. The number of carboxylic acid groups (broad SMARTS) is 2. The van der Waals surface area contributed by atoms with Gasteiger partial charge in [-0.25, -0.2) is 9.59 Å². The number of benzene rings is 2. The first-order chi connectivity index (χ1) is 11.8. The molecule has 0 heterocycles. The van der Waals surface area contributed by atoms with Crippen molar-refractivity contribution in [2.45, 2.75) is 24.4 Å². The van der Waals surface area contributed by atoms with Crippen molar-refractivity contribution in [3.8, 4) is 0 Å². The lowest BCUT2D eigenvalue weighted by Gasteiger charge is -2.32. The second-order valence-electron chi connectivity index (χ2n) is 5.61. The van der Waals surface area contributed by atoms with Gasteiger partial charge in [-0.05, 0) is 11.1 Å². The number of rotatable bonds is 8. The van der Waals surface area contributed by atoms with Gasteiger partial charge in [0, 0.05) is 12.8 Å². The lowest BCUT2D eigenvalue weighted by atomic mass is 10.0. The minimum Gasteiger partial charge on any atom is -0.477 e. The fraction of sp³-hybridized carbons (Fsp3) is 0.222. The van der Waals surface area contributed by atoms with Crippen LogP contribution in [0.5, 0.6) is 0 Å². The molecule has 0 radical (unpaired) electrons. The van der Waals surface area contributed by atoms with Crippen LogP contribution < -0.4 is 0 Å². The molecule has 7 heteroatoms. The van der Waals surface area contributed by atoms with Crippen molar-refractivity contribution in [3.63, 3.8) is 0 Å². The van der Waals surface area contributed by atoms with Crippen LogP contribution in [0.4, 0.5) is 0 Å². The molecule has 0 amide bonds. The molecule has 2 aromatic rings. The first-order valence-corrected chi connectivity index (χ1v) is 7.45. The molecular formula is C18H18O7. The van der Waals surface area contributed by atoms with Gasteiger partial charge in [0.2, 0.25) is 0 Å². The van der Waals surface area contributed by atoms with Crippen LogP contribution >= 0.6 is 0 Å². The van der Waals surface area contributed by atoms with Crippen molar-refractivity contribution in [3.05, 3.63) is 71.8 Å². The van der Waals surface area contributed by atoms with E-state index in [1.807, 2.05) is 0 Å². The molecule has 2 aromatic carbocycles. The highest BCUT2D eigenvalue weighted by Gasteiger charge is 2.50. The number of ether oxygens (including phenoxy) is 1. The summed E-state index contributed by atoms with van der Waals surface area (Å²) in [6, 6.07) is 16.1. The van der Waals surface area contributed by atoms with E-state index in [2.05, 4.69) is 0 Å². The molecule has 4 N–H and O–H groups in total. The standard InChI is InChI=1S/C18H18O7/c19-15(20)17(23,11-13-7-3-1-4-8-13)25-18(24,16(21)22)12-14-9-5-2-6-10-14/h1-10,23-24H,11-12H2,(H,19,20)(H,21,22). The molecule has 132 valence electrons. The van der Waals surface area contributed by atoms with Crippen LogP contribution in [0.25, 0.3) is 0 Å². The van der Waals surface area contributed by atoms with Crippen LogP contribution in [-0.2, 0) is 27.2 Å². The van der Waals surface area contributed by atoms with E-state index in [-0.39, 0.29) is 0 Å². The Morgan fingerprint density at radius 3 is 1.32 bits per heavy atom. The average Bonchev–Trinajstić information content (AvgIpc) is 2.56. The van der Waals surface area contributed by atoms with Crippen LogP contribution in [-0.4, -0.2) is 43.9 Å². The summed E-state index contributed by atoms with van der Waals surface area (Å²) >= 11 is 0. The van der Waals surface area contributed by atoms with Crippen molar-refractivity contribution < 1.29 is 34.8 Å². The summed E-state index contributed by atoms with van der Waals surface area (Å²) in [4.78, 5) is 23.0. The quantitative estimate of drug-likeness (QED) is 0.526. The Kier molecular flexibility index (Phi) is 5.53. The van der Waals surface area contributed by atoms with Crippen molar-refractivity contribution in [1.29, 1.82) is 0 Å². The van der Waals surface area contributed by atoms with Crippen molar-refractivity contribution in [1.82, 2.24) is 0 Å². The summed E-state index contributed by atoms with van der Waals surface area (Å²) in [6.07, 6.45) is -1.07. The Bertz CT molecular complexity index is 668. The topological polar surface area (TPSA) is 124 Å². The van der Waals surface area contributed by atoms with Gasteiger partial charge < -0.3 is 20.4 Å². The Morgan fingerprint density at radius 1 is 0.720 bits per heavy atom.